The van der Waals surface area contributed by atoms with Gasteiger partial charge in [0.1, 0.15) is 12.4 Å². The third-order valence-corrected chi connectivity index (χ3v) is 2.65. The van der Waals surface area contributed by atoms with Crippen LogP contribution in [0.25, 0.3) is 0 Å². The zero-order chi connectivity index (χ0) is 13.7. The van der Waals surface area contributed by atoms with Gasteiger partial charge in [0, 0.05) is 12.1 Å². The lowest BCUT2D eigenvalue weighted by atomic mass is 10.1. The summed E-state index contributed by atoms with van der Waals surface area (Å²) in [5.74, 6) is -1.35. The molecule has 0 spiro atoms. The van der Waals surface area contributed by atoms with E-state index in [1.54, 1.807) is 13.8 Å². The molecule has 0 aliphatic carbocycles. The summed E-state index contributed by atoms with van der Waals surface area (Å²) in [6.45, 7) is 3.68. The third-order valence-electron chi connectivity index (χ3n) is 2.65. The molecule has 0 unspecified atom stereocenters. The molecule has 4 nitrogen and oxygen atoms in total. The molecule has 98 valence electrons. The Kier molecular flexibility index (Phi) is 4.83. The van der Waals surface area contributed by atoms with Crippen LogP contribution in [0.2, 0.25) is 0 Å². The van der Waals surface area contributed by atoms with Crippen molar-refractivity contribution in [2.75, 3.05) is 20.2 Å². The second-order valence-electron chi connectivity index (χ2n) is 3.85. The van der Waals surface area contributed by atoms with Crippen LogP contribution in [-0.2, 0) is 9.53 Å². The Morgan fingerprint density at radius 3 is 2.61 bits per heavy atom. The number of aryl methyl sites for hydroxylation is 1. The Morgan fingerprint density at radius 2 is 2.06 bits per heavy atom. The Balaban J connectivity index is 2.96. The van der Waals surface area contributed by atoms with Gasteiger partial charge in [0.2, 0.25) is 0 Å². The average Bonchev–Trinajstić information content (AvgIpc) is 2.37. The van der Waals surface area contributed by atoms with Crippen molar-refractivity contribution in [1.29, 1.82) is 0 Å². The van der Waals surface area contributed by atoms with E-state index < -0.39 is 11.8 Å². The topological polar surface area (TPSA) is 46.6 Å². The average molecular weight is 253 g/mol. The van der Waals surface area contributed by atoms with Crippen molar-refractivity contribution in [3.8, 4) is 0 Å². The molecular formula is C13H16FNO3. The number of methoxy groups -OCH3 is 1. The summed E-state index contributed by atoms with van der Waals surface area (Å²) in [7, 11) is 1.26. The predicted octanol–water partition coefficient (Wildman–Crippen LogP) is 1.77. The van der Waals surface area contributed by atoms with E-state index >= 15 is 0 Å². The number of amides is 1. The van der Waals surface area contributed by atoms with Gasteiger partial charge < -0.3 is 9.64 Å². The first-order valence-electron chi connectivity index (χ1n) is 5.61. The lowest BCUT2D eigenvalue weighted by molar-refractivity contribution is -0.141. The molecular weight excluding hydrogens is 237 g/mol. The second kappa shape index (κ2) is 6.14. The number of halogens is 1. The van der Waals surface area contributed by atoms with Gasteiger partial charge in [-0.15, -0.1) is 0 Å². The summed E-state index contributed by atoms with van der Waals surface area (Å²) in [4.78, 5) is 24.6. The van der Waals surface area contributed by atoms with E-state index in [-0.39, 0.29) is 18.0 Å². The van der Waals surface area contributed by atoms with Gasteiger partial charge in [-0.1, -0.05) is 6.07 Å². The maximum Gasteiger partial charge on any atom is 0.325 e. The second-order valence-corrected chi connectivity index (χ2v) is 3.85. The van der Waals surface area contributed by atoms with Crippen molar-refractivity contribution in [3.05, 3.63) is 35.1 Å². The third kappa shape index (κ3) is 3.29. The number of hydrogen-bond acceptors (Lipinski definition) is 3. The maximum absolute atomic E-state index is 13.1. The number of carbonyl (C=O) groups excluding carboxylic acids is 2. The molecule has 0 aliphatic heterocycles. The summed E-state index contributed by atoms with van der Waals surface area (Å²) in [6, 6.07) is 4.01. The number of benzene rings is 1. The van der Waals surface area contributed by atoms with Crippen LogP contribution in [0.5, 0.6) is 0 Å². The smallest absolute Gasteiger partial charge is 0.325 e. The van der Waals surface area contributed by atoms with Crippen molar-refractivity contribution < 1.29 is 18.7 Å². The quantitative estimate of drug-likeness (QED) is 0.768. The van der Waals surface area contributed by atoms with Crippen LogP contribution in [0.4, 0.5) is 4.39 Å². The van der Waals surface area contributed by atoms with Crippen LogP contribution in [0.3, 0.4) is 0 Å². The largest absolute Gasteiger partial charge is 0.468 e. The molecule has 0 aliphatic rings. The Morgan fingerprint density at radius 1 is 1.39 bits per heavy atom. The highest BCUT2D eigenvalue weighted by Crippen LogP contribution is 2.13. The van der Waals surface area contributed by atoms with Gasteiger partial charge in [-0.3, -0.25) is 9.59 Å². The molecule has 5 heteroatoms. The number of esters is 1. The fourth-order valence-electron chi connectivity index (χ4n) is 1.54. The van der Waals surface area contributed by atoms with E-state index in [2.05, 4.69) is 4.74 Å². The minimum absolute atomic E-state index is 0.137. The van der Waals surface area contributed by atoms with Gasteiger partial charge in [-0.25, -0.2) is 4.39 Å². The molecule has 1 amide bonds. The lowest BCUT2D eigenvalue weighted by Crippen LogP contribution is -2.36. The van der Waals surface area contributed by atoms with Crippen LogP contribution in [0, 0.1) is 12.7 Å². The summed E-state index contributed by atoms with van der Waals surface area (Å²) in [6.07, 6.45) is 0. The first-order valence-corrected chi connectivity index (χ1v) is 5.61. The molecule has 1 aromatic rings. The molecule has 0 aromatic heterocycles. The molecule has 0 saturated carbocycles. The zero-order valence-corrected chi connectivity index (χ0v) is 10.7. The van der Waals surface area contributed by atoms with Crippen molar-refractivity contribution in [1.82, 2.24) is 4.90 Å². The van der Waals surface area contributed by atoms with Crippen LogP contribution < -0.4 is 0 Å². The molecule has 0 fully saturated rings. The predicted molar refractivity (Wildman–Crippen MR) is 64.7 cm³/mol. The molecule has 0 bridgehead atoms. The van der Waals surface area contributed by atoms with Gasteiger partial charge in [-0.05, 0) is 31.5 Å². The van der Waals surface area contributed by atoms with E-state index in [4.69, 9.17) is 0 Å². The number of nitrogens with zero attached hydrogens (tertiary/aromatic N) is 1. The number of carbonyl (C=O) groups is 2. The Bertz CT molecular complexity index is 460. The molecule has 18 heavy (non-hydrogen) atoms. The SMILES string of the molecule is CCN(CC(=O)OC)C(=O)c1cc(F)ccc1C. The fourth-order valence-corrected chi connectivity index (χ4v) is 1.54. The van der Waals surface area contributed by atoms with Crippen molar-refractivity contribution >= 4 is 11.9 Å². The molecule has 0 N–H and O–H groups in total. The van der Waals surface area contributed by atoms with Gasteiger partial charge in [-0.2, -0.15) is 0 Å². The Labute approximate surface area is 105 Å². The number of rotatable bonds is 4. The van der Waals surface area contributed by atoms with Gasteiger partial charge >= 0.3 is 5.97 Å². The van der Waals surface area contributed by atoms with Crippen molar-refractivity contribution in [2.45, 2.75) is 13.8 Å². The van der Waals surface area contributed by atoms with Crippen LogP contribution in [0.15, 0.2) is 18.2 Å². The molecule has 0 heterocycles. The van der Waals surface area contributed by atoms with E-state index in [0.29, 0.717) is 12.1 Å². The normalized spacial score (nSPS) is 10.0. The van der Waals surface area contributed by atoms with E-state index in [9.17, 15) is 14.0 Å². The zero-order valence-electron chi connectivity index (χ0n) is 10.7. The van der Waals surface area contributed by atoms with Crippen molar-refractivity contribution in [2.24, 2.45) is 0 Å². The summed E-state index contributed by atoms with van der Waals surface area (Å²) in [5.41, 5.74) is 0.936. The van der Waals surface area contributed by atoms with Gasteiger partial charge in [0.25, 0.3) is 5.91 Å². The highest BCUT2D eigenvalue weighted by molar-refractivity contribution is 5.97. The molecule has 0 radical (unpaired) electrons. The summed E-state index contributed by atoms with van der Waals surface area (Å²) in [5, 5.41) is 0. The Hall–Kier alpha value is -1.91. The number of hydrogen-bond donors (Lipinski definition) is 0. The number of ether oxygens (including phenoxy) is 1. The fraction of sp³-hybridized carbons (Fsp3) is 0.385. The van der Waals surface area contributed by atoms with Crippen LogP contribution in [0.1, 0.15) is 22.8 Å². The lowest BCUT2D eigenvalue weighted by Gasteiger charge is -2.20. The van der Waals surface area contributed by atoms with Gasteiger partial charge in [0.05, 0.1) is 7.11 Å². The molecule has 1 rings (SSSR count). The van der Waals surface area contributed by atoms with E-state index in [0.717, 1.165) is 0 Å². The highest BCUT2D eigenvalue weighted by Gasteiger charge is 2.19. The van der Waals surface area contributed by atoms with E-state index in [1.165, 1.54) is 30.2 Å². The standard InChI is InChI=1S/C13H16FNO3/c1-4-15(8-12(16)18-3)13(17)11-7-10(14)6-5-9(11)2/h5-7H,4,8H2,1-3H3. The minimum atomic E-state index is -0.501. The highest BCUT2D eigenvalue weighted by atomic mass is 19.1. The first-order chi connectivity index (χ1) is 8.49. The van der Waals surface area contributed by atoms with Crippen molar-refractivity contribution in [3.63, 3.8) is 0 Å². The molecule has 0 saturated heterocycles. The molecule has 0 atom stereocenters. The molecule has 1 aromatic carbocycles. The minimum Gasteiger partial charge on any atom is -0.468 e. The maximum atomic E-state index is 13.1. The van der Waals surface area contributed by atoms with Crippen LogP contribution >= 0.6 is 0 Å². The summed E-state index contributed by atoms with van der Waals surface area (Å²) < 4.78 is 17.7. The summed E-state index contributed by atoms with van der Waals surface area (Å²) >= 11 is 0. The first kappa shape index (κ1) is 14.2. The monoisotopic (exact) mass is 253 g/mol. The van der Waals surface area contributed by atoms with Gasteiger partial charge in [0.15, 0.2) is 0 Å². The number of likely N-dealkylation sites (N-methyl/N-ethyl adjacent to an activating group) is 1. The van der Waals surface area contributed by atoms with E-state index in [1.807, 2.05) is 0 Å². The van der Waals surface area contributed by atoms with Crippen LogP contribution in [-0.4, -0.2) is 37.0 Å².